The second-order valence-electron chi connectivity index (χ2n) is 31.5. The molecule has 606 valence electrons. The Hall–Kier alpha value is -1.94. The minimum absolute atomic E-state index is 0.107. The quantitative estimate of drug-likeness (QED) is 0.0222. The van der Waals surface area contributed by atoms with Crippen LogP contribution in [0, 0.1) is 23.7 Å². The molecule has 0 saturated carbocycles. The molecule has 0 amide bonds. The monoisotopic (exact) mass is 1490 g/mol. The van der Waals surface area contributed by atoms with Crippen molar-refractivity contribution >= 4 is 39.5 Å². The molecule has 3 N–H and O–H groups in total. The minimum Gasteiger partial charge on any atom is -0.462 e. The van der Waals surface area contributed by atoms with Crippen LogP contribution >= 0.6 is 15.6 Å². The number of hydrogen-bond acceptors (Lipinski definition) is 15. The van der Waals surface area contributed by atoms with Gasteiger partial charge in [0, 0.05) is 25.7 Å². The van der Waals surface area contributed by atoms with Gasteiger partial charge in [0.05, 0.1) is 26.4 Å². The van der Waals surface area contributed by atoms with E-state index in [1.54, 1.807) is 0 Å². The van der Waals surface area contributed by atoms with Crippen LogP contribution in [-0.4, -0.2) is 96.7 Å². The molecule has 6 atom stereocenters. The maximum Gasteiger partial charge on any atom is 0.472 e. The lowest BCUT2D eigenvalue weighted by molar-refractivity contribution is -0.161. The SMILES string of the molecule is CCC(C)CCCCCCCCCCCCCCCCC(=O)O[C@H](COC(=O)CCCCCCCCCC(C)C)COP(=O)(O)OCC(O)COP(=O)(O)OC[C@@H](COC(=O)CCCCCCCCCCCCCCC(C)C)OC(=O)CCCCCCCCCCCCCCCCCCC(C)C. The van der Waals surface area contributed by atoms with Crippen LogP contribution in [0.4, 0.5) is 0 Å². The fourth-order valence-electron chi connectivity index (χ4n) is 12.8. The molecule has 0 aliphatic carbocycles. The molecule has 0 aromatic carbocycles. The van der Waals surface area contributed by atoms with E-state index in [4.69, 9.17) is 37.0 Å². The van der Waals surface area contributed by atoms with Crippen molar-refractivity contribution in [2.45, 2.75) is 446 Å². The van der Waals surface area contributed by atoms with Gasteiger partial charge in [-0.25, -0.2) is 9.13 Å². The average Bonchev–Trinajstić information content (AvgIpc) is 0.917. The Morgan fingerprint density at radius 3 is 0.696 bits per heavy atom. The van der Waals surface area contributed by atoms with Gasteiger partial charge in [-0.1, -0.05) is 376 Å². The molecule has 19 heteroatoms. The molecule has 0 aromatic heterocycles. The number of carbonyl (C=O) groups excluding carboxylic acids is 4. The Labute approximate surface area is 626 Å². The third kappa shape index (κ3) is 74.9. The minimum atomic E-state index is -4.96. The lowest BCUT2D eigenvalue weighted by Crippen LogP contribution is -2.30. The molecule has 4 unspecified atom stereocenters. The van der Waals surface area contributed by atoms with Crippen LogP contribution in [0.1, 0.15) is 428 Å². The first-order chi connectivity index (χ1) is 49.1. The summed E-state index contributed by atoms with van der Waals surface area (Å²) in [5.74, 6) is 1.03. The fraction of sp³-hybridized carbons (Fsp3) is 0.952. The predicted molar refractivity (Wildman–Crippen MR) is 418 cm³/mol. The highest BCUT2D eigenvalue weighted by molar-refractivity contribution is 7.47. The van der Waals surface area contributed by atoms with E-state index in [1.807, 2.05) is 0 Å². The summed E-state index contributed by atoms with van der Waals surface area (Å²) in [6.45, 7) is 14.3. The van der Waals surface area contributed by atoms with E-state index in [0.29, 0.717) is 31.6 Å². The standard InChI is InChI=1S/C83H162O17P2/c1-9-76(8)62-54-46-38-30-24-17-14-15-19-27-33-41-50-58-66-83(88)100-79(70-94-81(86)64-56-48-42-34-37-45-53-61-75(6)7)72-98-102(91,92)96-68-77(84)67-95-101(89,90)97-71-78(69-93-80(85)63-55-47-39-31-25-21-20-23-29-36-44-52-60-74(4)5)99-82(87)65-57-49-40-32-26-18-13-11-10-12-16-22-28-35-43-51-59-73(2)3/h73-79,84H,9-72H2,1-8H3,(H,89,90)(H,91,92)/t76?,77?,78-,79-/m1/s1. The van der Waals surface area contributed by atoms with E-state index < -0.39 is 97.5 Å². The van der Waals surface area contributed by atoms with Gasteiger partial charge in [-0.3, -0.25) is 37.3 Å². The van der Waals surface area contributed by atoms with Gasteiger partial charge in [0.15, 0.2) is 12.2 Å². The molecular weight excluding hydrogens is 1330 g/mol. The summed E-state index contributed by atoms with van der Waals surface area (Å²) < 4.78 is 68.8. The summed E-state index contributed by atoms with van der Waals surface area (Å²) >= 11 is 0. The molecular formula is C83H162O17P2. The van der Waals surface area contributed by atoms with Crippen LogP contribution in [0.5, 0.6) is 0 Å². The molecule has 102 heavy (non-hydrogen) atoms. The summed E-state index contributed by atoms with van der Waals surface area (Å²) in [6.07, 6.45) is 59.7. The van der Waals surface area contributed by atoms with E-state index in [0.717, 1.165) is 114 Å². The molecule has 0 rings (SSSR count). The van der Waals surface area contributed by atoms with Crippen LogP contribution in [0.2, 0.25) is 0 Å². The summed E-state index contributed by atoms with van der Waals surface area (Å²) in [7, 11) is -9.93. The van der Waals surface area contributed by atoms with Crippen LogP contribution in [0.3, 0.4) is 0 Å². The van der Waals surface area contributed by atoms with Crippen molar-refractivity contribution in [3.05, 3.63) is 0 Å². The van der Waals surface area contributed by atoms with Gasteiger partial charge in [0.1, 0.15) is 19.3 Å². The first kappa shape index (κ1) is 100. The van der Waals surface area contributed by atoms with Crippen molar-refractivity contribution in [2.24, 2.45) is 23.7 Å². The van der Waals surface area contributed by atoms with Crippen molar-refractivity contribution in [1.82, 2.24) is 0 Å². The van der Waals surface area contributed by atoms with Gasteiger partial charge in [0.25, 0.3) is 0 Å². The van der Waals surface area contributed by atoms with Crippen LogP contribution < -0.4 is 0 Å². The smallest absolute Gasteiger partial charge is 0.462 e. The molecule has 17 nitrogen and oxygen atoms in total. The number of phosphoric ester groups is 2. The number of hydrogen-bond donors (Lipinski definition) is 3. The largest absolute Gasteiger partial charge is 0.472 e. The normalized spacial score (nSPS) is 14.3. The molecule has 0 spiro atoms. The van der Waals surface area contributed by atoms with Gasteiger partial charge in [-0.2, -0.15) is 0 Å². The molecule has 0 fully saturated rings. The Bertz CT molecular complexity index is 1990. The molecule has 0 aromatic rings. The maximum absolute atomic E-state index is 13.1. The van der Waals surface area contributed by atoms with Crippen molar-refractivity contribution in [2.75, 3.05) is 39.6 Å². The fourth-order valence-corrected chi connectivity index (χ4v) is 14.3. The van der Waals surface area contributed by atoms with Gasteiger partial charge in [0.2, 0.25) is 0 Å². The zero-order valence-electron chi connectivity index (χ0n) is 67.2. The molecule has 0 saturated heterocycles. The van der Waals surface area contributed by atoms with E-state index >= 15 is 0 Å². The van der Waals surface area contributed by atoms with Crippen molar-refractivity contribution in [3.8, 4) is 0 Å². The van der Waals surface area contributed by atoms with E-state index in [2.05, 4.69) is 55.4 Å². The average molecular weight is 1490 g/mol. The second-order valence-corrected chi connectivity index (χ2v) is 34.4. The summed E-state index contributed by atoms with van der Waals surface area (Å²) in [4.78, 5) is 73.1. The third-order valence-corrected chi connectivity index (χ3v) is 21.6. The lowest BCUT2D eigenvalue weighted by atomic mass is 9.99. The topological polar surface area (TPSA) is 237 Å². The first-order valence-electron chi connectivity index (χ1n) is 42.7. The second kappa shape index (κ2) is 72.0. The van der Waals surface area contributed by atoms with Crippen LogP contribution in [-0.2, 0) is 65.4 Å². The van der Waals surface area contributed by atoms with Crippen LogP contribution in [0.15, 0.2) is 0 Å². The molecule has 0 bridgehead atoms. The predicted octanol–water partition coefficient (Wildman–Crippen LogP) is 24.8. The number of esters is 4. The van der Waals surface area contributed by atoms with Crippen molar-refractivity contribution in [3.63, 3.8) is 0 Å². The van der Waals surface area contributed by atoms with Crippen LogP contribution in [0.25, 0.3) is 0 Å². The van der Waals surface area contributed by atoms with Crippen molar-refractivity contribution in [1.29, 1.82) is 0 Å². The third-order valence-electron chi connectivity index (χ3n) is 19.7. The molecule has 0 aliphatic rings. The summed E-state index contributed by atoms with van der Waals surface area (Å²) in [5, 5.41) is 10.7. The number of aliphatic hydroxyl groups is 1. The zero-order chi connectivity index (χ0) is 75.3. The highest BCUT2D eigenvalue weighted by Crippen LogP contribution is 2.45. The maximum atomic E-state index is 13.1. The zero-order valence-corrected chi connectivity index (χ0v) is 69.0. The van der Waals surface area contributed by atoms with E-state index in [9.17, 15) is 43.2 Å². The molecule has 0 radical (unpaired) electrons. The highest BCUT2D eigenvalue weighted by atomic mass is 31.2. The van der Waals surface area contributed by atoms with Crippen molar-refractivity contribution < 1.29 is 80.2 Å². The Kier molecular flexibility index (Phi) is 70.6. The van der Waals surface area contributed by atoms with E-state index in [-0.39, 0.29) is 25.7 Å². The van der Waals surface area contributed by atoms with Gasteiger partial charge < -0.3 is 33.8 Å². The Morgan fingerprint density at radius 1 is 0.275 bits per heavy atom. The number of aliphatic hydroxyl groups excluding tert-OH is 1. The molecule has 0 aliphatic heterocycles. The highest BCUT2D eigenvalue weighted by Gasteiger charge is 2.30. The van der Waals surface area contributed by atoms with Gasteiger partial charge in [-0.15, -0.1) is 0 Å². The number of rotatable bonds is 80. The number of ether oxygens (including phenoxy) is 4. The Morgan fingerprint density at radius 2 is 0.471 bits per heavy atom. The molecule has 0 heterocycles. The van der Waals surface area contributed by atoms with Gasteiger partial charge >= 0.3 is 39.5 Å². The number of unbranched alkanes of at least 4 members (excludes halogenated alkanes) is 45. The first-order valence-corrected chi connectivity index (χ1v) is 45.7. The number of carbonyl (C=O) groups is 4. The summed E-state index contributed by atoms with van der Waals surface area (Å²) in [6, 6.07) is 0. The van der Waals surface area contributed by atoms with E-state index in [1.165, 1.54) is 225 Å². The lowest BCUT2D eigenvalue weighted by Gasteiger charge is -2.21. The summed E-state index contributed by atoms with van der Waals surface area (Å²) in [5.41, 5.74) is 0. The number of phosphoric acid groups is 2. The Balaban J connectivity index is 5.24. The van der Waals surface area contributed by atoms with Gasteiger partial charge in [-0.05, 0) is 49.4 Å².